The number of rotatable bonds is 51. The van der Waals surface area contributed by atoms with Crippen molar-refractivity contribution in [1.29, 1.82) is 0 Å². The molecule has 0 N–H and O–H groups in total. The minimum absolute atomic E-state index is 0.0598. The smallest absolute Gasteiger partial charge is 0.306 e. The maximum absolute atomic E-state index is 12.8. The summed E-state index contributed by atoms with van der Waals surface area (Å²) in [7, 11) is 0. The molecule has 0 amide bonds. The van der Waals surface area contributed by atoms with Gasteiger partial charge in [-0.25, -0.2) is 0 Å². The Labute approximate surface area is 398 Å². The van der Waals surface area contributed by atoms with Crippen LogP contribution >= 0.6 is 0 Å². The van der Waals surface area contributed by atoms with Crippen molar-refractivity contribution < 1.29 is 23.8 Å². The van der Waals surface area contributed by atoms with Crippen LogP contribution in [0.3, 0.4) is 0 Å². The lowest BCUT2D eigenvalue weighted by Crippen LogP contribution is -2.30. The van der Waals surface area contributed by atoms with E-state index >= 15 is 0 Å². The van der Waals surface area contributed by atoms with Gasteiger partial charge in [0.25, 0.3) is 0 Å². The van der Waals surface area contributed by atoms with Crippen LogP contribution in [0.15, 0.2) is 60.8 Å². The zero-order chi connectivity index (χ0) is 46.3. The molecule has 0 rings (SSSR count). The van der Waals surface area contributed by atoms with Crippen LogP contribution < -0.4 is 0 Å². The van der Waals surface area contributed by atoms with Crippen LogP contribution in [0.4, 0.5) is 0 Å². The second-order valence-corrected chi connectivity index (χ2v) is 18.5. The Balaban J connectivity index is 4.35. The summed E-state index contributed by atoms with van der Waals surface area (Å²) < 4.78 is 17.4. The fourth-order valence-electron chi connectivity index (χ4n) is 7.85. The van der Waals surface area contributed by atoms with E-state index in [2.05, 4.69) is 81.5 Å². The van der Waals surface area contributed by atoms with E-state index in [1.54, 1.807) is 0 Å². The van der Waals surface area contributed by atoms with Crippen LogP contribution in [0.25, 0.3) is 0 Å². The molecule has 0 aromatic rings. The fraction of sp³-hybridized carbons (Fsp3) is 0.797. The lowest BCUT2D eigenvalue weighted by atomic mass is 10.0. The van der Waals surface area contributed by atoms with Crippen molar-refractivity contribution in [2.75, 3.05) is 19.8 Å². The molecule has 0 saturated carbocycles. The molecule has 0 saturated heterocycles. The van der Waals surface area contributed by atoms with E-state index in [1.165, 1.54) is 173 Å². The highest BCUT2D eigenvalue weighted by Gasteiger charge is 2.17. The highest BCUT2D eigenvalue weighted by molar-refractivity contribution is 5.70. The molecule has 0 aliphatic rings. The number of esters is 2. The molecule has 0 aromatic carbocycles. The van der Waals surface area contributed by atoms with Crippen molar-refractivity contribution in [1.82, 2.24) is 0 Å². The van der Waals surface area contributed by atoms with Crippen LogP contribution in [0, 0.1) is 0 Å². The summed E-state index contributed by atoms with van der Waals surface area (Å²) in [6.45, 7) is 7.76. The van der Waals surface area contributed by atoms with Crippen LogP contribution in [-0.4, -0.2) is 37.9 Å². The highest BCUT2D eigenvalue weighted by Crippen LogP contribution is 2.15. The molecule has 5 nitrogen and oxygen atoms in total. The first-order valence-corrected chi connectivity index (χ1v) is 27.8. The molecule has 64 heavy (non-hydrogen) atoms. The molecule has 0 unspecified atom stereocenters. The molecular formula is C59H106O5. The van der Waals surface area contributed by atoms with Gasteiger partial charge in [0.15, 0.2) is 6.10 Å². The Morgan fingerprint density at radius 3 is 1.12 bits per heavy atom. The molecule has 0 bridgehead atoms. The zero-order valence-corrected chi connectivity index (χ0v) is 42.8. The molecule has 0 aliphatic carbocycles. The van der Waals surface area contributed by atoms with Gasteiger partial charge in [-0.1, -0.05) is 242 Å². The van der Waals surface area contributed by atoms with E-state index in [0.717, 1.165) is 70.6 Å². The molecule has 0 aromatic heterocycles. The van der Waals surface area contributed by atoms with Crippen molar-refractivity contribution in [2.24, 2.45) is 0 Å². The van der Waals surface area contributed by atoms with Gasteiger partial charge < -0.3 is 14.2 Å². The highest BCUT2D eigenvalue weighted by atomic mass is 16.6. The molecule has 0 heterocycles. The molecule has 0 aliphatic heterocycles. The number of hydrogen-bond donors (Lipinski definition) is 0. The number of unbranched alkanes of at least 4 members (excludes halogenated alkanes) is 30. The van der Waals surface area contributed by atoms with E-state index in [9.17, 15) is 9.59 Å². The first-order chi connectivity index (χ1) is 31.6. The first kappa shape index (κ1) is 61.6. The number of ether oxygens (including phenoxy) is 3. The van der Waals surface area contributed by atoms with Crippen LogP contribution in [0.2, 0.25) is 0 Å². The van der Waals surface area contributed by atoms with Gasteiger partial charge >= 0.3 is 11.9 Å². The average molecular weight is 895 g/mol. The molecular weight excluding hydrogens is 789 g/mol. The summed E-state index contributed by atoms with van der Waals surface area (Å²) in [6, 6.07) is 0. The number of hydrogen-bond acceptors (Lipinski definition) is 5. The van der Waals surface area contributed by atoms with Gasteiger partial charge in [0.1, 0.15) is 6.61 Å². The van der Waals surface area contributed by atoms with Crippen molar-refractivity contribution in [3.63, 3.8) is 0 Å². The van der Waals surface area contributed by atoms with E-state index < -0.39 is 6.10 Å². The molecule has 0 radical (unpaired) electrons. The Bertz CT molecular complexity index is 1100. The van der Waals surface area contributed by atoms with Gasteiger partial charge in [-0.3, -0.25) is 9.59 Å². The second kappa shape index (κ2) is 54.9. The van der Waals surface area contributed by atoms with Crippen molar-refractivity contribution in [3.05, 3.63) is 60.8 Å². The van der Waals surface area contributed by atoms with Gasteiger partial charge in [0.05, 0.1) is 6.61 Å². The quantitative estimate of drug-likeness (QED) is 0.0346. The van der Waals surface area contributed by atoms with Gasteiger partial charge in [-0.05, 0) is 83.5 Å². The molecule has 372 valence electrons. The lowest BCUT2D eigenvalue weighted by Gasteiger charge is -2.18. The summed E-state index contributed by atoms with van der Waals surface area (Å²) in [4.78, 5) is 25.4. The minimum Gasteiger partial charge on any atom is -0.462 e. The molecule has 0 spiro atoms. The summed E-state index contributed by atoms with van der Waals surface area (Å²) >= 11 is 0. The third-order valence-electron chi connectivity index (χ3n) is 12.0. The summed E-state index contributed by atoms with van der Waals surface area (Å²) in [5, 5.41) is 0. The maximum Gasteiger partial charge on any atom is 0.306 e. The summed E-state index contributed by atoms with van der Waals surface area (Å²) in [5.74, 6) is -0.463. The lowest BCUT2D eigenvalue weighted by molar-refractivity contribution is -0.162. The predicted octanol–water partition coefficient (Wildman–Crippen LogP) is 18.9. The number of carbonyl (C=O) groups is 2. The van der Waals surface area contributed by atoms with Gasteiger partial charge in [-0.15, -0.1) is 0 Å². The average Bonchev–Trinajstić information content (AvgIpc) is 3.30. The monoisotopic (exact) mass is 895 g/mol. The van der Waals surface area contributed by atoms with E-state index in [1.807, 2.05) is 0 Å². The van der Waals surface area contributed by atoms with Crippen LogP contribution in [0.1, 0.15) is 278 Å². The van der Waals surface area contributed by atoms with Gasteiger partial charge in [0, 0.05) is 19.4 Å². The zero-order valence-electron chi connectivity index (χ0n) is 42.8. The minimum atomic E-state index is -0.567. The third kappa shape index (κ3) is 52.2. The largest absolute Gasteiger partial charge is 0.462 e. The predicted molar refractivity (Wildman–Crippen MR) is 279 cm³/mol. The molecule has 0 fully saturated rings. The molecule has 1 atom stereocenters. The SMILES string of the molecule is CCCCC/C=C\C/C=C\CCCCCCCC(=O)OC[C@@H](COCCCCCCCCCCCCCCCCCC)OC(=O)CCC/C=C\C/C=C\C/C=C\CCCCCCCC. The number of carbonyl (C=O) groups excluding carboxylic acids is 2. The first-order valence-electron chi connectivity index (χ1n) is 27.8. The standard InChI is InChI=1S/C59H106O5/c1-4-7-10-13-16-19-22-25-28-30-32-35-38-41-44-47-50-53-59(61)64-57(55-62-54-51-48-45-42-39-36-33-29-26-23-20-17-14-11-8-5-2)56-63-58(60)52-49-46-43-40-37-34-31-27-24-21-18-15-12-9-6-3/h18,21,25,27-28,31-32,35,41,44,57H,4-17,19-20,22-24,26,29-30,33-34,36-40,42-43,45-56H2,1-3H3/b21-18-,28-25-,31-27-,35-32-,44-41-/t57-/m1/s1. The molecule has 5 heteroatoms. The Morgan fingerprint density at radius 2 is 0.672 bits per heavy atom. The van der Waals surface area contributed by atoms with E-state index in [4.69, 9.17) is 14.2 Å². The third-order valence-corrected chi connectivity index (χ3v) is 12.0. The maximum atomic E-state index is 12.8. The van der Waals surface area contributed by atoms with Crippen molar-refractivity contribution >= 4 is 11.9 Å². The Morgan fingerprint density at radius 1 is 0.344 bits per heavy atom. The van der Waals surface area contributed by atoms with E-state index in [-0.39, 0.29) is 25.2 Å². The van der Waals surface area contributed by atoms with Gasteiger partial charge in [0.2, 0.25) is 0 Å². The summed E-state index contributed by atoms with van der Waals surface area (Å²) in [6.07, 6.45) is 69.5. The second-order valence-electron chi connectivity index (χ2n) is 18.5. The van der Waals surface area contributed by atoms with Crippen molar-refractivity contribution in [2.45, 2.75) is 284 Å². The van der Waals surface area contributed by atoms with Crippen LogP contribution in [-0.2, 0) is 23.8 Å². The number of allylic oxidation sites excluding steroid dienone is 10. The Kier molecular flexibility index (Phi) is 52.9. The normalized spacial score (nSPS) is 12.6. The van der Waals surface area contributed by atoms with E-state index in [0.29, 0.717) is 19.4 Å². The van der Waals surface area contributed by atoms with Crippen molar-refractivity contribution in [3.8, 4) is 0 Å². The topological polar surface area (TPSA) is 61.8 Å². The summed E-state index contributed by atoms with van der Waals surface area (Å²) in [5.41, 5.74) is 0. The fourth-order valence-corrected chi connectivity index (χ4v) is 7.85. The van der Waals surface area contributed by atoms with Crippen LogP contribution in [0.5, 0.6) is 0 Å². The van der Waals surface area contributed by atoms with Gasteiger partial charge in [-0.2, -0.15) is 0 Å². The Hall–Kier alpha value is -2.40.